The lowest BCUT2D eigenvalue weighted by atomic mass is 10.1. The average molecular weight is 252 g/mol. The molecule has 2 rings (SSSR count). The van der Waals surface area contributed by atoms with Crippen LogP contribution in [0.25, 0.3) is 0 Å². The van der Waals surface area contributed by atoms with Crippen LogP contribution in [0.5, 0.6) is 5.75 Å². The van der Waals surface area contributed by atoms with Crippen LogP contribution < -0.4 is 15.4 Å². The predicted molar refractivity (Wildman–Crippen MR) is 65.8 cm³/mol. The number of rotatable bonds is 4. The minimum atomic E-state index is -0.331. The van der Waals surface area contributed by atoms with Crippen molar-refractivity contribution in [2.75, 3.05) is 20.2 Å². The van der Waals surface area contributed by atoms with Gasteiger partial charge in [0.2, 0.25) is 5.91 Å². The number of benzene rings is 1. The van der Waals surface area contributed by atoms with Crippen molar-refractivity contribution in [3.8, 4) is 5.75 Å². The first-order valence-electron chi connectivity index (χ1n) is 6.01. The Morgan fingerprint density at radius 3 is 3.11 bits per heavy atom. The van der Waals surface area contributed by atoms with Crippen molar-refractivity contribution in [2.24, 2.45) is 5.92 Å². The molecule has 1 heterocycles. The third kappa shape index (κ3) is 2.98. The Balaban J connectivity index is 1.96. The van der Waals surface area contributed by atoms with Crippen LogP contribution in [0, 0.1) is 11.7 Å². The number of hydrogen-bond donors (Lipinski definition) is 2. The van der Waals surface area contributed by atoms with Crippen molar-refractivity contribution in [3.63, 3.8) is 0 Å². The monoisotopic (exact) mass is 252 g/mol. The zero-order valence-corrected chi connectivity index (χ0v) is 10.3. The number of hydrogen-bond acceptors (Lipinski definition) is 3. The highest BCUT2D eigenvalue weighted by molar-refractivity contribution is 5.79. The largest absolute Gasteiger partial charge is 0.496 e. The van der Waals surface area contributed by atoms with E-state index in [1.165, 1.54) is 19.2 Å². The van der Waals surface area contributed by atoms with Gasteiger partial charge in [-0.3, -0.25) is 4.79 Å². The Bertz CT molecular complexity index is 431. The molecule has 2 N–H and O–H groups in total. The molecule has 0 saturated carbocycles. The molecular formula is C13H17FN2O2. The zero-order valence-electron chi connectivity index (χ0n) is 10.3. The zero-order chi connectivity index (χ0) is 13.0. The van der Waals surface area contributed by atoms with E-state index in [4.69, 9.17) is 4.74 Å². The third-order valence-electron chi connectivity index (χ3n) is 3.13. The molecule has 1 aliphatic rings. The lowest BCUT2D eigenvalue weighted by Crippen LogP contribution is -2.31. The fraction of sp³-hybridized carbons (Fsp3) is 0.462. The fourth-order valence-corrected chi connectivity index (χ4v) is 2.09. The first-order valence-corrected chi connectivity index (χ1v) is 6.01. The van der Waals surface area contributed by atoms with Crippen molar-refractivity contribution < 1.29 is 13.9 Å². The molecule has 1 aliphatic heterocycles. The van der Waals surface area contributed by atoms with Crippen LogP contribution in [-0.2, 0) is 11.3 Å². The maximum Gasteiger partial charge on any atom is 0.224 e. The predicted octanol–water partition coefficient (Wildman–Crippen LogP) is 1.06. The average Bonchev–Trinajstić information content (AvgIpc) is 2.90. The van der Waals surface area contributed by atoms with Gasteiger partial charge in [0.05, 0.1) is 13.0 Å². The van der Waals surface area contributed by atoms with Crippen molar-refractivity contribution >= 4 is 5.91 Å². The van der Waals surface area contributed by atoms with Crippen LogP contribution in [0.3, 0.4) is 0 Å². The first kappa shape index (κ1) is 12.8. The highest BCUT2D eigenvalue weighted by Crippen LogP contribution is 2.19. The van der Waals surface area contributed by atoms with E-state index in [1.54, 1.807) is 6.07 Å². The maximum atomic E-state index is 13.1. The van der Waals surface area contributed by atoms with E-state index in [-0.39, 0.29) is 24.2 Å². The molecule has 98 valence electrons. The van der Waals surface area contributed by atoms with E-state index in [2.05, 4.69) is 10.6 Å². The summed E-state index contributed by atoms with van der Waals surface area (Å²) in [4.78, 5) is 11.8. The third-order valence-corrected chi connectivity index (χ3v) is 3.13. The van der Waals surface area contributed by atoms with E-state index >= 15 is 0 Å². The highest BCUT2D eigenvalue weighted by atomic mass is 19.1. The van der Waals surface area contributed by atoms with Gasteiger partial charge in [0.15, 0.2) is 0 Å². The molecule has 0 spiro atoms. The van der Waals surface area contributed by atoms with Crippen LogP contribution >= 0.6 is 0 Å². The summed E-state index contributed by atoms with van der Waals surface area (Å²) < 4.78 is 18.3. The van der Waals surface area contributed by atoms with E-state index in [0.717, 1.165) is 13.0 Å². The van der Waals surface area contributed by atoms with Crippen LogP contribution in [0.15, 0.2) is 18.2 Å². The summed E-state index contributed by atoms with van der Waals surface area (Å²) in [6.45, 7) is 1.88. The number of halogens is 1. The van der Waals surface area contributed by atoms with Gasteiger partial charge in [-0.15, -0.1) is 0 Å². The molecule has 1 amide bonds. The van der Waals surface area contributed by atoms with E-state index < -0.39 is 0 Å². The summed E-state index contributed by atoms with van der Waals surface area (Å²) in [5.74, 6) is 0.277. The number of amides is 1. The van der Waals surface area contributed by atoms with Crippen LogP contribution in [0.4, 0.5) is 4.39 Å². The minimum Gasteiger partial charge on any atom is -0.496 e. The molecule has 0 aromatic heterocycles. The van der Waals surface area contributed by atoms with Gasteiger partial charge in [0, 0.05) is 18.7 Å². The SMILES string of the molecule is COc1ccc(F)cc1CNC(=O)C1CCNC1. The van der Waals surface area contributed by atoms with Gasteiger partial charge in [0.25, 0.3) is 0 Å². The fourth-order valence-electron chi connectivity index (χ4n) is 2.09. The van der Waals surface area contributed by atoms with Gasteiger partial charge < -0.3 is 15.4 Å². The van der Waals surface area contributed by atoms with E-state index in [0.29, 0.717) is 17.9 Å². The standard InChI is InChI=1S/C13H17FN2O2/c1-18-12-3-2-11(14)6-10(12)8-16-13(17)9-4-5-15-7-9/h2-3,6,9,15H,4-5,7-8H2,1H3,(H,16,17). The molecule has 1 aromatic rings. The Hall–Kier alpha value is -1.62. The van der Waals surface area contributed by atoms with Crippen LogP contribution in [0.2, 0.25) is 0 Å². The summed E-state index contributed by atoms with van der Waals surface area (Å²) in [6, 6.07) is 4.28. The summed E-state index contributed by atoms with van der Waals surface area (Å²) in [7, 11) is 1.53. The summed E-state index contributed by atoms with van der Waals surface area (Å²) in [5.41, 5.74) is 0.650. The minimum absolute atomic E-state index is 0.00585. The molecule has 0 radical (unpaired) electrons. The Labute approximate surface area is 106 Å². The number of methoxy groups -OCH3 is 1. The number of nitrogens with one attached hydrogen (secondary N) is 2. The summed E-state index contributed by atoms with van der Waals surface area (Å²) >= 11 is 0. The molecule has 1 unspecified atom stereocenters. The lowest BCUT2D eigenvalue weighted by Gasteiger charge is -2.12. The van der Waals surface area contributed by atoms with Crippen molar-refractivity contribution in [3.05, 3.63) is 29.6 Å². The summed E-state index contributed by atoms with van der Waals surface area (Å²) in [6.07, 6.45) is 0.853. The molecular weight excluding hydrogens is 235 g/mol. The normalized spacial score (nSPS) is 18.7. The molecule has 1 saturated heterocycles. The second-order valence-corrected chi connectivity index (χ2v) is 4.36. The smallest absolute Gasteiger partial charge is 0.224 e. The summed E-state index contributed by atoms with van der Waals surface area (Å²) in [5, 5.41) is 5.95. The second kappa shape index (κ2) is 5.82. The Kier molecular flexibility index (Phi) is 4.15. The molecule has 0 aliphatic carbocycles. The number of ether oxygens (including phenoxy) is 1. The van der Waals surface area contributed by atoms with Gasteiger partial charge in [-0.2, -0.15) is 0 Å². The number of carbonyl (C=O) groups excluding carboxylic acids is 1. The molecule has 1 fully saturated rings. The Morgan fingerprint density at radius 1 is 1.61 bits per heavy atom. The quantitative estimate of drug-likeness (QED) is 0.842. The van der Waals surface area contributed by atoms with E-state index in [1.807, 2.05) is 0 Å². The highest BCUT2D eigenvalue weighted by Gasteiger charge is 2.22. The van der Waals surface area contributed by atoms with Gasteiger partial charge >= 0.3 is 0 Å². The Morgan fingerprint density at radius 2 is 2.44 bits per heavy atom. The molecule has 5 heteroatoms. The molecule has 4 nitrogen and oxygen atoms in total. The molecule has 18 heavy (non-hydrogen) atoms. The van der Waals surface area contributed by atoms with Crippen molar-refractivity contribution in [2.45, 2.75) is 13.0 Å². The lowest BCUT2D eigenvalue weighted by molar-refractivity contribution is -0.124. The molecule has 0 bridgehead atoms. The second-order valence-electron chi connectivity index (χ2n) is 4.36. The van der Waals surface area contributed by atoms with Gasteiger partial charge in [0.1, 0.15) is 11.6 Å². The first-order chi connectivity index (χ1) is 8.70. The van der Waals surface area contributed by atoms with E-state index in [9.17, 15) is 9.18 Å². The van der Waals surface area contributed by atoms with Gasteiger partial charge in [-0.25, -0.2) is 4.39 Å². The van der Waals surface area contributed by atoms with Gasteiger partial charge in [-0.05, 0) is 31.2 Å². The maximum absolute atomic E-state index is 13.1. The topological polar surface area (TPSA) is 50.4 Å². The van der Waals surface area contributed by atoms with Crippen molar-refractivity contribution in [1.29, 1.82) is 0 Å². The van der Waals surface area contributed by atoms with Crippen molar-refractivity contribution in [1.82, 2.24) is 10.6 Å². The molecule has 1 atom stereocenters. The number of carbonyl (C=O) groups is 1. The molecule has 1 aromatic carbocycles. The van der Waals surface area contributed by atoms with Crippen LogP contribution in [-0.4, -0.2) is 26.1 Å². The van der Waals surface area contributed by atoms with Crippen LogP contribution in [0.1, 0.15) is 12.0 Å². The van der Waals surface area contributed by atoms with Gasteiger partial charge in [-0.1, -0.05) is 0 Å².